The van der Waals surface area contributed by atoms with Crippen LogP contribution in [0, 0.1) is 13.8 Å². The maximum absolute atomic E-state index is 12.3. The van der Waals surface area contributed by atoms with Gasteiger partial charge in [-0.1, -0.05) is 22.4 Å². The van der Waals surface area contributed by atoms with Crippen LogP contribution in [0.2, 0.25) is 0 Å². The third-order valence-electron chi connectivity index (χ3n) is 3.88. The summed E-state index contributed by atoms with van der Waals surface area (Å²) in [4.78, 5) is 16.5. The minimum Gasteiger partial charge on any atom is -0.491 e. The summed E-state index contributed by atoms with van der Waals surface area (Å²) >= 11 is 0. The van der Waals surface area contributed by atoms with Gasteiger partial charge in [-0.05, 0) is 13.0 Å². The minimum absolute atomic E-state index is 0.233. The largest absolute Gasteiger partial charge is 0.491 e. The average molecular weight is 326 g/mol. The highest BCUT2D eigenvalue weighted by molar-refractivity contribution is 5.95. The first-order valence-electron chi connectivity index (χ1n) is 7.41. The molecule has 1 aliphatic rings. The van der Waals surface area contributed by atoms with E-state index in [9.17, 15) is 4.79 Å². The molecule has 4 rings (SSSR count). The van der Waals surface area contributed by atoms with E-state index in [1.165, 1.54) is 6.26 Å². The number of nitrogens with zero attached hydrogens (tertiary/aromatic N) is 3. The Labute approximate surface area is 136 Å². The Bertz CT molecular complexity index is 914. The number of carbonyl (C=O) groups is 1. The van der Waals surface area contributed by atoms with Crippen LogP contribution in [-0.2, 0) is 0 Å². The van der Waals surface area contributed by atoms with Crippen LogP contribution in [0.4, 0.5) is 0 Å². The lowest BCUT2D eigenvalue weighted by molar-refractivity contribution is 0.0929. The monoisotopic (exact) mass is 326 g/mol. The Kier molecular flexibility index (Phi) is 3.30. The molecule has 0 radical (unpaired) electrons. The number of aromatic nitrogens is 3. The maximum Gasteiger partial charge on any atom is 0.257 e. The topological polar surface area (TPSA) is 103 Å². The van der Waals surface area contributed by atoms with Crippen LogP contribution in [0.5, 0.6) is 5.75 Å². The van der Waals surface area contributed by atoms with Crippen molar-refractivity contribution in [1.29, 1.82) is 0 Å². The summed E-state index contributed by atoms with van der Waals surface area (Å²) in [5.74, 6) is 1.46. The summed E-state index contributed by atoms with van der Waals surface area (Å²) in [6, 6.07) is 5.38. The number of rotatable bonds is 3. The summed E-state index contributed by atoms with van der Waals surface area (Å²) in [6.07, 6.45) is 1.34. The molecule has 0 bridgehead atoms. The second-order valence-electron chi connectivity index (χ2n) is 5.54. The number of benzene rings is 1. The molecule has 122 valence electrons. The first-order valence-corrected chi connectivity index (χ1v) is 7.41. The molecule has 1 atom stereocenters. The van der Waals surface area contributed by atoms with E-state index in [2.05, 4.69) is 20.6 Å². The molecule has 1 aromatic carbocycles. The highest BCUT2D eigenvalue weighted by Gasteiger charge is 2.27. The second kappa shape index (κ2) is 5.48. The van der Waals surface area contributed by atoms with E-state index in [1.807, 2.05) is 18.2 Å². The maximum atomic E-state index is 12.3. The number of aryl methyl sites for hydroxylation is 2. The molecular formula is C16H14N4O4. The highest BCUT2D eigenvalue weighted by atomic mass is 16.5. The van der Waals surface area contributed by atoms with Crippen LogP contribution in [0.25, 0.3) is 11.4 Å². The van der Waals surface area contributed by atoms with Crippen molar-refractivity contribution in [3.05, 3.63) is 47.2 Å². The van der Waals surface area contributed by atoms with Gasteiger partial charge in [0.25, 0.3) is 5.91 Å². The molecule has 0 saturated heterocycles. The summed E-state index contributed by atoms with van der Waals surface area (Å²) < 4.78 is 15.5. The number of carbonyl (C=O) groups excluding carboxylic acids is 1. The van der Waals surface area contributed by atoms with Crippen LogP contribution in [-0.4, -0.2) is 27.8 Å². The second-order valence-corrected chi connectivity index (χ2v) is 5.54. The van der Waals surface area contributed by atoms with Crippen molar-refractivity contribution in [3.63, 3.8) is 0 Å². The van der Waals surface area contributed by atoms with Gasteiger partial charge in [0.05, 0.1) is 11.7 Å². The van der Waals surface area contributed by atoms with Crippen molar-refractivity contribution in [2.75, 3.05) is 6.61 Å². The molecule has 0 spiro atoms. The van der Waals surface area contributed by atoms with Crippen molar-refractivity contribution >= 4 is 5.91 Å². The Morgan fingerprint density at radius 2 is 2.17 bits per heavy atom. The van der Waals surface area contributed by atoms with E-state index < -0.39 is 0 Å². The number of fused-ring (bicyclic) bond motifs is 1. The molecule has 8 nitrogen and oxygen atoms in total. The third kappa shape index (κ3) is 2.41. The molecule has 1 amide bonds. The van der Waals surface area contributed by atoms with Gasteiger partial charge in [-0.25, -0.2) is 0 Å². The van der Waals surface area contributed by atoms with Gasteiger partial charge in [-0.3, -0.25) is 4.79 Å². The lowest BCUT2D eigenvalue weighted by Crippen LogP contribution is -2.29. The first kappa shape index (κ1) is 14.4. The molecule has 3 aromatic rings. The van der Waals surface area contributed by atoms with Gasteiger partial charge < -0.3 is 19.1 Å². The van der Waals surface area contributed by atoms with E-state index in [4.69, 9.17) is 13.8 Å². The van der Waals surface area contributed by atoms with Crippen LogP contribution < -0.4 is 10.1 Å². The number of hydrogen-bond acceptors (Lipinski definition) is 7. The molecule has 24 heavy (non-hydrogen) atoms. The van der Waals surface area contributed by atoms with Crippen LogP contribution in [0.1, 0.15) is 33.5 Å². The van der Waals surface area contributed by atoms with Crippen molar-refractivity contribution in [2.45, 2.75) is 19.9 Å². The van der Waals surface area contributed by atoms with E-state index in [0.29, 0.717) is 35.3 Å². The fraction of sp³-hybridized carbons (Fsp3) is 0.250. The molecule has 1 aliphatic heterocycles. The number of ether oxygens (including phenoxy) is 1. The van der Waals surface area contributed by atoms with Crippen molar-refractivity contribution in [1.82, 2.24) is 20.6 Å². The van der Waals surface area contributed by atoms with Gasteiger partial charge in [0.15, 0.2) is 0 Å². The van der Waals surface area contributed by atoms with Crippen molar-refractivity contribution in [2.24, 2.45) is 0 Å². The molecule has 2 aromatic heterocycles. The summed E-state index contributed by atoms with van der Waals surface area (Å²) in [5, 5.41) is 10.5. The van der Waals surface area contributed by atoms with Gasteiger partial charge in [-0.2, -0.15) is 4.98 Å². The number of hydrogen-bond donors (Lipinski definition) is 1. The molecule has 1 N–H and O–H groups in total. The minimum atomic E-state index is -0.243. The van der Waals surface area contributed by atoms with E-state index in [-0.39, 0.29) is 11.9 Å². The number of nitrogens with one attached hydrogen (secondary N) is 1. The Morgan fingerprint density at radius 1 is 1.29 bits per heavy atom. The third-order valence-corrected chi connectivity index (χ3v) is 3.88. The molecule has 3 heterocycles. The summed E-state index contributed by atoms with van der Waals surface area (Å²) in [7, 11) is 0. The van der Waals surface area contributed by atoms with E-state index >= 15 is 0 Å². The first-order chi connectivity index (χ1) is 11.6. The Balaban J connectivity index is 1.56. The fourth-order valence-corrected chi connectivity index (χ4v) is 2.63. The summed E-state index contributed by atoms with van der Waals surface area (Å²) in [5.41, 5.74) is 2.67. The normalized spacial score (nSPS) is 15.8. The van der Waals surface area contributed by atoms with Crippen LogP contribution in [0.15, 0.2) is 33.5 Å². The lowest BCUT2D eigenvalue weighted by atomic mass is 10.1. The zero-order chi connectivity index (χ0) is 16.7. The SMILES string of the molecule is Cc1nc(-c2ccc3c(c2)OC[C@H]3NC(=O)c2conc2C)no1. The smallest absolute Gasteiger partial charge is 0.257 e. The van der Waals surface area contributed by atoms with Gasteiger partial charge in [0, 0.05) is 18.1 Å². The molecule has 0 unspecified atom stereocenters. The Hall–Kier alpha value is -3.16. The van der Waals surface area contributed by atoms with Crippen molar-refractivity contribution < 1.29 is 18.6 Å². The van der Waals surface area contributed by atoms with Crippen molar-refractivity contribution in [3.8, 4) is 17.1 Å². The highest BCUT2D eigenvalue weighted by Crippen LogP contribution is 2.35. The lowest BCUT2D eigenvalue weighted by Gasteiger charge is -2.11. The fourth-order valence-electron chi connectivity index (χ4n) is 2.63. The predicted molar refractivity (Wildman–Crippen MR) is 81.4 cm³/mol. The molecule has 0 aliphatic carbocycles. The Morgan fingerprint density at radius 3 is 2.88 bits per heavy atom. The number of amides is 1. The zero-order valence-electron chi connectivity index (χ0n) is 13.1. The molecule has 8 heteroatoms. The standard InChI is InChI=1S/C16H14N4O4/c1-8-12(6-23-19-8)16(21)18-13-7-22-14-5-10(3-4-11(13)14)15-17-9(2)24-20-15/h3-6,13H,7H2,1-2H3,(H,18,21)/t13-/m1/s1. The van der Waals surface area contributed by atoms with Crippen LogP contribution >= 0.6 is 0 Å². The van der Waals surface area contributed by atoms with Gasteiger partial charge >= 0.3 is 0 Å². The van der Waals surface area contributed by atoms with Gasteiger partial charge in [0.1, 0.15) is 24.2 Å². The van der Waals surface area contributed by atoms with E-state index in [0.717, 1.165) is 11.1 Å². The molecule has 0 saturated carbocycles. The zero-order valence-corrected chi connectivity index (χ0v) is 13.1. The molecule has 0 fully saturated rings. The van der Waals surface area contributed by atoms with E-state index in [1.54, 1.807) is 13.8 Å². The summed E-state index contributed by atoms with van der Waals surface area (Å²) in [6.45, 7) is 3.81. The molecular weight excluding hydrogens is 312 g/mol. The predicted octanol–water partition coefficient (Wildman–Crippen LogP) is 2.20. The average Bonchev–Trinajstić information content (AvgIpc) is 3.27. The quantitative estimate of drug-likeness (QED) is 0.787. The van der Waals surface area contributed by atoms with Gasteiger partial charge in [-0.15, -0.1) is 0 Å². The van der Waals surface area contributed by atoms with Gasteiger partial charge in [0.2, 0.25) is 11.7 Å². The van der Waals surface area contributed by atoms with Crippen LogP contribution in [0.3, 0.4) is 0 Å².